The van der Waals surface area contributed by atoms with Crippen LogP contribution >= 0.6 is 15.9 Å². The summed E-state index contributed by atoms with van der Waals surface area (Å²) < 4.78 is 18.8. The van der Waals surface area contributed by atoms with Crippen molar-refractivity contribution < 1.29 is 13.6 Å². The standard InChI is InChI=1S/C12H10BrFN2O2/c13-9-3-1-7(14)5-10(9)16-12(17)11-4-2-8(6-15)18-11/h1-5H,6,15H2,(H,16,17). The van der Waals surface area contributed by atoms with E-state index in [9.17, 15) is 9.18 Å². The third kappa shape index (κ3) is 2.77. The van der Waals surface area contributed by atoms with E-state index < -0.39 is 11.7 Å². The van der Waals surface area contributed by atoms with E-state index in [1.807, 2.05) is 0 Å². The highest BCUT2D eigenvalue weighted by molar-refractivity contribution is 9.10. The number of nitrogens with two attached hydrogens (primary N) is 1. The quantitative estimate of drug-likeness (QED) is 0.915. The summed E-state index contributed by atoms with van der Waals surface area (Å²) in [5.41, 5.74) is 5.72. The summed E-state index contributed by atoms with van der Waals surface area (Å²) in [6, 6.07) is 7.16. The number of benzene rings is 1. The molecular formula is C12H10BrFN2O2. The Hall–Kier alpha value is -1.66. The maximum Gasteiger partial charge on any atom is 0.291 e. The molecule has 1 amide bonds. The van der Waals surface area contributed by atoms with Crippen molar-refractivity contribution in [3.63, 3.8) is 0 Å². The molecule has 18 heavy (non-hydrogen) atoms. The first kappa shape index (κ1) is 12.8. The molecule has 1 aromatic heterocycles. The minimum atomic E-state index is -0.457. The van der Waals surface area contributed by atoms with Crippen LogP contribution in [0.1, 0.15) is 16.3 Å². The van der Waals surface area contributed by atoms with Gasteiger partial charge in [0.25, 0.3) is 5.91 Å². The molecule has 0 aliphatic carbocycles. The number of halogens is 2. The van der Waals surface area contributed by atoms with Crippen molar-refractivity contribution in [2.24, 2.45) is 5.73 Å². The number of carbonyl (C=O) groups excluding carboxylic acids is 1. The number of anilines is 1. The maximum absolute atomic E-state index is 13.0. The molecule has 94 valence electrons. The highest BCUT2D eigenvalue weighted by atomic mass is 79.9. The SMILES string of the molecule is NCc1ccc(C(=O)Nc2cc(F)ccc2Br)o1. The second-order valence-corrected chi connectivity index (χ2v) is 4.40. The zero-order valence-electron chi connectivity index (χ0n) is 9.24. The normalized spacial score (nSPS) is 10.4. The number of hydrogen-bond donors (Lipinski definition) is 2. The van der Waals surface area contributed by atoms with Gasteiger partial charge in [-0.3, -0.25) is 4.79 Å². The Morgan fingerprint density at radius 2 is 2.17 bits per heavy atom. The van der Waals surface area contributed by atoms with E-state index in [1.54, 1.807) is 6.07 Å². The molecule has 3 N–H and O–H groups in total. The number of amides is 1. The predicted molar refractivity (Wildman–Crippen MR) is 68.7 cm³/mol. The van der Waals surface area contributed by atoms with Crippen LogP contribution in [0.3, 0.4) is 0 Å². The summed E-state index contributed by atoms with van der Waals surface area (Å²) in [6.45, 7) is 0.219. The van der Waals surface area contributed by atoms with Gasteiger partial charge in [0.1, 0.15) is 11.6 Å². The summed E-state index contributed by atoms with van der Waals surface area (Å²) in [6.07, 6.45) is 0. The fraction of sp³-hybridized carbons (Fsp3) is 0.0833. The monoisotopic (exact) mass is 312 g/mol. The van der Waals surface area contributed by atoms with Crippen LogP contribution in [0.25, 0.3) is 0 Å². The fourth-order valence-corrected chi connectivity index (χ4v) is 1.73. The van der Waals surface area contributed by atoms with Crippen molar-refractivity contribution in [3.8, 4) is 0 Å². The molecule has 1 aromatic carbocycles. The number of furan rings is 1. The number of nitrogens with one attached hydrogen (secondary N) is 1. The Bertz CT molecular complexity index is 583. The molecule has 0 saturated carbocycles. The molecule has 0 radical (unpaired) electrons. The van der Waals surface area contributed by atoms with E-state index in [2.05, 4.69) is 21.2 Å². The van der Waals surface area contributed by atoms with Gasteiger partial charge in [0.05, 0.1) is 12.2 Å². The Kier molecular flexibility index (Phi) is 3.78. The zero-order valence-corrected chi connectivity index (χ0v) is 10.8. The first-order valence-corrected chi connectivity index (χ1v) is 5.94. The molecule has 2 rings (SSSR count). The molecule has 2 aromatic rings. The van der Waals surface area contributed by atoms with Gasteiger partial charge >= 0.3 is 0 Å². The molecule has 0 aliphatic heterocycles. The highest BCUT2D eigenvalue weighted by Crippen LogP contribution is 2.23. The minimum absolute atomic E-state index is 0.131. The van der Waals surface area contributed by atoms with Crippen LogP contribution in [0, 0.1) is 5.82 Å². The van der Waals surface area contributed by atoms with Crippen molar-refractivity contribution in [3.05, 3.63) is 52.1 Å². The lowest BCUT2D eigenvalue weighted by Crippen LogP contribution is -2.11. The lowest BCUT2D eigenvalue weighted by Gasteiger charge is -2.05. The van der Waals surface area contributed by atoms with Crippen molar-refractivity contribution in [2.45, 2.75) is 6.54 Å². The number of hydrogen-bond acceptors (Lipinski definition) is 3. The Morgan fingerprint density at radius 3 is 2.83 bits per heavy atom. The van der Waals surface area contributed by atoms with E-state index >= 15 is 0 Å². The summed E-state index contributed by atoms with van der Waals surface area (Å²) in [5.74, 6) is -0.248. The van der Waals surface area contributed by atoms with Crippen LogP contribution in [0.15, 0.2) is 39.2 Å². The van der Waals surface area contributed by atoms with Gasteiger partial charge in [0.15, 0.2) is 5.76 Å². The number of rotatable bonds is 3. The third-order valence-electron chi connectivity index (χ3n) is 2.26. The summed E-state index contributed by atoms with van der Waals surface area (Å²) in [7, 11) is 0. The lowest BCUT2D eigenvalue weighted by atomic mass is 10.3. The van der Waals surface area contributed by atoms with Crippen LogP contribution in [0.2, 0.25) is 0 Å². The van der Waals surface area contributed by atoms with Crippen LogP contribution < -0.4 is 11.1 Å². The zero-order chi connectivity index (χ0) is 13.1. The Balaban J connectivity index is 2.18. The molecular weight excluding hydrogens is 303 g/mol. The molecule has 0 saturated heterocycles. The van der Waals surface area contributed by atoms with Crippen LogP contribution in [-0.4, -0.2) is 5.91 Å². The average Bonchev–Trinajstić information content (AvgIpc) is 2.82. The molecule has 0 atom stereocenters. The largest absolute Gasteiger partial charge is 0.455 e. The molecule has 0 fully saturated rings. The predicted octanol–water partition coefficient (Wildman–Crippen LogP) is 2.89. The smallest absolute Gasteiger partial charge is 0.291 e. The van der Waals surface area contributed by atoms with E-state index in [-0.39, 0.29) is 12.3 Å². The van der Waals surface area contributed by atoms with Crippen LogP contribution in [0.5, 0.6) is 0 Å². The third-order valence-corrected chi connectivity index (χ3v) is 2.95. The van der Waals surface area contributed by atoms with Crippen molar-refractivity contribution in [1.29, 1.82) is 0 Å². The molecule has 4 nitrogen and oxygen atoms in total. The maximum atomic E-state index is 13.0. The molecule has 0 unspecified atom stereocenters. The summed E-state index contributed by atoms with van der Waals surface area (Å²) in [4.78, 5) is 11.8. The van der Waals surface area contributed by atoms with E-state index in [1.165, 1.54) is 24.3 Å². The van der Waals surface area contributed by atoms with Gasteiger partial charge in [-0.1, -0.05) is 0 Å². The Labute approximate surface area is 111 Å². The topological polar surface area (TPSA) is 68.3 Å². The van der Waals surface area contributed by atoms with Gasteiger partial charge in [0.2, 0.25) is 0 Å². The fourth-order valence-electron chi connectivity index (χ4n) is 1.39. The molecule has 1 heterocycles. The molecule has 0 spiro atoms. The average molecular weight is 313 g/mol. The van der Waals surface area contributed by atoms with Crippen LogP contribution in [-0.2, 0) is 6.54 Å². The first-order valence-electron chi connectivity index (χ1n) is 5.15. The van der Waals surface area contributed by atoms with Gasteiger partial charge in [-0.2, -0.15) is 0 Å². The Morgan fingerprint density at radius 1 is 1.39 bits per heavy atom. The van der Waals surface area contributed by atoms with Gasteiger partial charge < -0.3 is 15.5 Å². The van der Waals surface area contributed by atoms with Crippen molar-refractivity contribution >= 4 is 27.5 Å². The van der Waals surface area contributed by atoms with Crippen molar-refractivity contribution in [2.75, 3.05) is 5.32 Å². The lowest BCUT2D eigenvalue weighted by molar-refractivity contribution is 0.0995. The van der Waals surface area contributed by atoms with Crippen LogP contribution in [0.4, 0.5) is 10.1 Å². The van der Waals surface area contributed by atoms with E-state index in [0.29, 0.717) is 15.9 Å². The molecule has 0 aliphatic rings. The van der Waals surface area contributed by atoms with Gasteiger partial charge in [0, 0.05) is 4.47 Å². The second kappa shape index (κ2) is 5.32. The first-order chi connectivity index (χ1) is 8.60. The van der Waals surface area contributed by atoms with E-state index in [4.69, 9.17) is 10.2 Å². The van der Waals surface area contributed by atoms with E-state index in [0.717, 1.165) is 0 Å². The van der Waals surface area contributed by atoms with Crippen molar-refractivity contribution in [1.82, 2.24) is 0 Å². The summed E-state index contributed by atoms with van der Waals surface area (Å²) >= 11 is 3.22. The number of carbonyl (C=O) groups is 1. The van der Waals surface area contributed by atoms with Gasteiger partial charge in [-0.05, 0) is 46.3 Å². The molecule has 6 heteroatoms. The van der Waals surface area contributed by atoms with Gasteiger partial charge in [-0.25, -0.2) is 4.39 Å². The highest BCUT2D eigenvalue weighted by Gasteiger charge is 2.12. The summed E-state index contributed by atoms with van der Waals surface area (Å²) in [5, 5.41) is 2.54. The van der Waals surface area contributed by atoms with Gasteiger partial charge in [-0.15, -0.1) is 0 Å². The second-order valence-electron chi connectivity index (χ2n) is 3.55. The molecule has 0 bridgehead atoms. The minimum Gasteiger partial charge on any atom is -0.455 e.